The second kappa shape index (κ2) is 5.71. The molecule has 0 spiro atoms. The molecule has 4 rings (SSSR count). The molecule has 108 valence electrons. The zero-order valence-electron chi connectivity index (χ0n) is 12.5. The maximum Gasteiger partial charge on any atom is -0.00300 e. The molecule has 0 fully saturated rings. The number of rotatable bonds is 2. The molecule has 0 aromatic heterocycles. The van der Waals surface area contributed by atoms with Gasteiger partial charge in [0.2, 0.25) is 0 Å². The number of hydrogen-bond acceptors (Lipinski definition) is 0. The summed E-state index contributed by atoms with van der Waals surface area (Å²) in [6, 6.07) is 19.7. The van der Waals surface area contributed by atoms with Crippen LogP contribution in [0.25, 0.3) is 28.0 Å². The maximum absolute atomic E-state index is 2.92. The van der Waals surface area contributed by atoms with E-state index in [9.17, 15) is 0 Å². The minimum atomic E-state index is 1.02. The smallest absolute Gasteiger partial charge is 0.00300 e. The van der Waals surface area contributed by atoms with Crippen LogP contribution in [0.3, 0.4) is 0 Å². The molecule has 0 amide bonds. The van der Waals surface area contributed by atoms with Gasteiger partial charge in [-0.1, -0.05) is 66.7 Å². The van der Waals surface area contributed by atoms with E-state index < -0.39 is 0 Å². The topological polar surface area (TPSA) is 0 Å². The first-order valence-corrected chi connectivity index (χ1v) is 8.70. The van der Waals surface area contributed by atoms with E-state index >= 15 is 0 Å². The monoisotopic (exact) mass is 302 g/mol. The highest BCUT2D eigenvalue weighted by Gasteiger charge is 2.19. The van der Waals surface area contributed by atoms with Gasteiger partial charge < -0.3 is 0 Å². The molecule has 0 saturated heterocycles. The van der Waals surface area contributed by atoms with Crippen molar-refractivity contribution in [2.24, 2.45) is 0 Å². The van der Waals surface area contributed by atoms with Crippen molar-refractivity contribution in [2.75, 3.05) is 0 Å². The van der Waals surface area contributed by atoms with Crippen molar-refractivity contribution in [1.82, 2.24) is 0 Å². The third kappa shape index (κ3) is 2.11. The molecular formula is C21H19P. The summed E-state index contributed by atoms with van der Waals surface area (Å²) in [6.07, 6.45) is 7.97. The first kappa shape index (κ1) is 13.7. The first-order chi connectivity index (χ1) is 10.9. The van der Waals surface area contributed by atoms with E-state index in [1.165, 1.54) is 38.6 Å². The Bertz CT molecular complexity index is 860. The summed E-state index contributed by atoms with van der Waals surface area (Å²) >= 11 is 0. The number of allylic oxidation sites excluding steroid dienone is 1. The fraction of sp³-hybridized carbons (Fsp3) is 0.143. The highest BCUT2D eigenvalue weighted by atomic mass is 31.0. The van der Waals surface area contributed by atoms with Crippen molar-refractivity contribution < 1.29 is 0 Å². The first-order valence-electron chi connectivity index (χ1n) is 7.88. The summed E-state index contributed by atoms with van der Waals surface area (Å²) in [4.78, 5) is 0. The lowest BCUT2D eigenvalue weighted by Crippen LogP contribution is -2.03. The maximum atomic E-state index is 2.92. The molecule has 0 nitrogen and oxygen atoms in total. The van der Waals surface area contributed by atoms with Gasteiger partial charge >= 0.3 is 0 Å². The van der Waals surface area contributed by atoms with Crippen LogP contribution in [0.15, 0.2) is 60.7 Å². The van der Waals surface area contributed by atoms with Crippen LogP contribution >= 0.6 is 9.24 Å². The van der Waals surface area contributed by atoms with Crippen molar-refractivity contribution in [3.63, 3.8) is 0 Å². The van der Waals surface area contributed by atoms with Gasteiger partial charge in [0.15, 0.2) is 0 Å². The van der Waals surface area contributed by atoms with E-state index in [0.717, 1.165) is 19.0 Å². The Hall–Kier alpha value is -1.91. The van der Waals surface area contributed by atoms with Gasteiger partial charge in [0, 0.05) is 0 Å². The molecule has 1 atom stereocenters. The predicted molar refractivity (Wildman–Crippen MR) is 100 cm³/mol. The van der Waals surface area contributed by atoms with Crippen LogP contribution in [0.4, 0.5) is 0 Å². The van der Waals surface area contributed by atoms with Crippen molar-refractivity contribution >= 4 is 26.1 Å². The SMILES string of the molecule is PCc1c2c(c(-c3ccccc3)c3ccccc13)C=CCC2. The van der Waals surface area contributed by atoms with E-state index in [2.05, 4.69) is 76.0 Å². The minimum Gasteiger partial charge on any atom is -0.133 e. The normalized spacial score (nSPS) is 13.3. The summed E-state index contributed by atoms with van der Waals surface area (Å²) in [7, 11) is 2.92. The van der Waals surface area contributed by atoms with Gasteiger partial charge in [0.1, 0.15) is 0 Å². The van der Waals surface area contributed by atoms with E-state index in [1.807, 2.05) is 0 Å². The van der Waals surface area contributed by atoms with Gasteiger partial charge in [0.25, 0.3) is 0 Å². The third-order valence-corrected chi connectivity index (χ3v) is 5.00. The average Bonchev–Trinajstić information content (AvgIpc) is 2.60. The Morgan fingerprint density at radius 2 is 1.59 bits per heavy atom. The van der Waals surface area contributed by atoms with Gasteiger partial charge in [-0.3, -0.25) is 0 Å². The molecule has 1 heteroatoms. The van der Waals surface area contributed by atoms with Gasteiger partial charge in [-0.25, -0.2) is 0 Å². The van der Waals surface area contributed by atoms with E-state index in [4.69, 9.17) is 0 Å². The molecule has 0 N–H and O–H groups in total. The summed E-state index contributed by atoms with van der Waals surface area (Å²) in [5.74, 6) is 0. The zero-order valence-corrected chi connectivity index (χ0v) is 13.7. The summed E-state index contributed by atoms with van der Waals surface area (Å²) in [6.45, 7) is 0. The highest BCUT2D eigenvalue weighted by molar-refractivity contribution is 7.15. The van der Waals surface area contributed by atoms with Crippen LogP contribution in [0.5, 0.6) is 0 Å². The summed E-state index contributed by atoms with van der Waals surface area (Å²) in [5, 5.41) is 2.78. The molecule has 1 unspecified atom stereocenters. The second-order valence-corrected chi connectivity index (χ2v) is 6.21. The van der Waals surface area contributed by atoms with Crippen LogP contribution < -0.4 is 0 Å². The molecule has 1 aliphatic rings. The molecule has 22 heavy (non-hydrogen) atoms. The van der Waals surface area contributed by atoms with Crippen LogP contribution in [0.2, 0.25) is 0 Å². The molecule has 0 heterocycles. The molecule has 0 bridgehead atoms. The molecule has 1 aliphatic carbocycles. The standard InChI is InChI=1S/C21H19P/c22-14-20-16-10-4-6-12-18(16)21(15-8-2-1-3-9-15)19-13-7-5-11-17(19)20/h1-4,6-10,12-13H,5,11,14,22H2. The van der Waals surface area contributed by atoms with Crippen LogP contribution in [0, 0.1) is 0 Å². The fourth-order valence-electron chi connectivity index (χ4n) is 3.63. The lowest BCUT2D eigenvalue weighted by molar-refractivity contribution is 0.974. The van der Waals surface area contributed by atoms with Gasteiger partial charge in [-0.05, 0) is 57.6 Å². The van der Waals surface area contributed by atoms with Crippen LogP contribution in [0.1, 0.15) is 23.1 Å². The molecule has 3 aromatic rings. The second-order valence-electron chi connectivity index (χ2n) is 5.80. The molecule has 0 saturated carbocycles. The van der Waals surface area contributed by atoms with Crippen LogP contribution in [-0.2, 0) is 12.6 Å². The summed E-state index contributed by atoms with van der Waals surface area (Å²) in [5.41, 5.74) is 7.17. The van der Waals surface area contributed by atoms with Crippen LogP contribution in [-0.4, -0.2) is 0 Å². The van der Waals surface area contributed by atoms with E-state index in [-0.39, 0.29) is 0 Å². The summed E-state index contributed by atoms with van der Waals surface area (Å²) < 4.78 is 0. The van der Waals surface area contributed by atoms with Crippen molar-refractivity contribution in [3.8, 4) is 11.1 Å². The Balaban J connectivity index is 2.18. The van der Waals surface area contributed by atoms with E-state index in [0.29, 0.717) is 0 Å². The quantitative estimate of drug-likeness (QED) is 0.522. The minimum absolute atomic E-state index is 1.02. The van der Waals surface area contributed by atoms with Gasteiger partial charge in [0.05, 0.1) is 0 Å². The highest BCUT2D eigenvalue weighted by Crippen LogP contribution is 2.40. The Morgan fingerprint density at radius 1 is 0.864 bits per heavy atom. The largest absolute Gasteiger partial charge is 0.133 e. The third-order valence-electron chi connectivity index (χ3n) is 4.59. The number of hydrogen-bond donors (Lipinski definition) is 0. The van der Waals surface area contributed by atoms with Crippen molar-refractivity contribution in [1.29, 1.82) is 0 Å². The van der Waals surface area contributed by atoms with Gasteiger partial charge in [-0.2, -0.15) is 0 Å². The number of fused-ring (bicyclic) bond motifs is 2. The van der Waals surface area contributed by atoms with Crippen molar-refractivity contribution in [2.45, 2.75) is 19.0 Å². The Kier molecular flexibility index (Phi) is 3.56. The Morgan fingerprint density at radius 3 is 2.36 bits per heavy atom. The fourth-order valence-corrected chi connectivity index (χ4v) is 4.10. The number of benzene rings is 3. The zero-order chi connectivity index (χ0) is 14.9. The lowest BCUT2D eigenvalue weighted by Gasteiger charge is -2.22. The van der Waals surface area contributed by atoms with Crippen molar-refractivity contribution in [3.05, 3.63) is 77.4 Å². The average molecular weight is 302 g/mol. The molecule has 0 radical (unpaired) electrons. The Labute approximate surface area is 134 Å². The van der Waals surface area contributed by atoms with Gasteiger partial charge in [-0.15, -0.1) is 9.24 Å². The predicted octanol–water partition coefficient (Wildman–Crippen LogP) is 5.84. The molecule has 3 aromatic carbocycles. The van der Waals surface area contributed by atoms with E-state index in [1.54, 1.807) is 0 Å². The lowest BCUT2D eigenvalue weighted by atomic mass is 9.82. The molecular weight excluding hydrogens is 283 g/mol. The molecule has 0 aliphatic heterocycles.